The van der Waals surface area contributed by atoms with E-state index in [2.05, 4.69) is 0 Å². The van der Waals surface area contributed by atoms with Gasteiger partial charge in [0.15, 0.2) is 0 Å². The Kier molecular flexibility index (Phi) is 3.24. The maximum atomic E-state index is 14.1. The average molecular weight is 207 g/mol. The van der Waals surface area contributed by atoms with E-state index in [-0.39, 0.29) is 5.92 Å². The van der Waals surface area contributed by atoms with Crippen LogP contribution in [0.5, 0.6) is 0 Å². The molecule has 1 aromatic carbocycles. The summed E-state index contributed by atoms with van der Waals surface area (Å²) in [5.41, 5.74) is 7.07. The van der Waals surface area contributed by atoms with Crippen LogP contribution in [-0.4, -0.2) is 0 Å². The Labute approximate surface area is 90.5 Å². The summed E-state index contributed by atoms with van der Waals surface area (Å²) >= 11 is 0. The van der Waals surface area contributed by atoms with Gasteiger partial charge in [0.1, 0.15) is 6.17 Å². The topological polar surface area (TPSA) is 26.0 Å². The Morgan fingerprint density at radius 1 is 1.20 bits per heavy atom. The van der Waals surface area contributed by atoms with Gasteiger partial charge in [0.05, 0.1) is 0 Å². The number of nitrogen functional groups attached to an aromatic ring is 1. The fraction of sp³-hybridized carbons (Fsp3) is 0.538. The molecule has 0 bridgehead atoms. The van der Waals surface area contributed by atoms with Crippen LogP contribution in [0.25, 0.3) is 0 Å². The summed E-state index contributed by atoms with van der Waals surface area (Å²) in [6.07, 6.45) is 4.83. The average Bonchev–Trinajstić information content (AvgIpc) is 2.29. The standard InChI is InChI=1S/C13H18FN/c14-13(10-5-2-1-3-6-10)11-7-4-8-12(15)9-11/h4,7-10,13H,1-3,5-6,15H2. The van der Waals surface area contributed by atoms with Gasteiger partial charge in [-0.25, -0.2) is 4.39 Å². The molecule has 1 nitrogen and oxygen atoms in total. The van der Waals surface area contributed by atoms with Gasteiger partial charge < -0.3 is 5.73 Å². The number of hydrogen-bond acceptors (Lipinski definition) is 1. The third-order valence-corrected chi connectivity index (χ3v) is 3.29. The molecule has 0 radical (unpaired) electrons. The van der Waals surface area contributed by atoms with Crippen molar-refractivity contribution in [1.82, 2.24) is 0 Å². The molecule has 0 aromatic heterocycles. The van der Waals surface area contributed by atoms with E-state index in [0.717, 1.165) is 18.4 Å². The van der Waals surface area contributed by atoms with Crippen LogP contribution in [0, 0.1) is 5.92 Å². The van der Waals surface area contributed by atoms with Gasteiger partial charge in [0.25, 0.3) is 0 Å². The molecular formula is C13H18FN. The lowest BCUT2D eigenvalue weighted by molar-refractivity contribution is 0.183. The molecule has 1 saturated carbocycles. The van der Waals surface area contributed by atoms with Crippen molar-refractivity contribution in [2.24, 2.45) is 5.92 Å². The first-order valence-corrected chi connectivity index (χ1v) is 5.77. The summed E-state index contributed by atoms with van der Waals surface area (Å²) in [6, 6.07) is 7.24. The monoisotopic (exact) mass is 207 g/mol. The molecule has 1 aliphatic rings. The molecule has 2 N–H and O–H groups in total. The van der Waals surface area contributed by atoms with Crippen molar-refractivity contribution in [1.29, 1.82) is 0 Å². The maximum absolute atomic E-state index is 14.1. The SMILES string of the molecule is Nc1cccc(C(F)C2CCCCC2)c1. The predicted octanol–water partition coefficient (Wildman–Crippen LogP) is 3.86. The fourth-order valence-electron chi connectivity index (χ4n) is 2.43. The van der Waals surface area contributed by atoms with Crippen molar-refractivity contribution < 1.29 is 4.39 Å². The molecule has 0 heterocycles. The zero-order chi connectivity index (χ0) is 10.7. The molecule has 1 aliphatic carbocycles. The molecule has 0 amide bonds. The lowest BCUT2D eigenvalue weighted by Gasteiger charge is -2.25. The fourth-order valence-corrected chi connectivity index (χ4v) is 2.43. The first kappa shape index (κ1) is 10.5. The molecular weight excluding hydrogens is 189 g/mol. The lowest BCUT2D eigenvalue weighted by Crippen LogP contribution is -2.13. The number of benzene rings is 1. The molecule has 2 rings (SSSR count). The molecule has 15 heavy (non-hydrogen) atoms. The van der Waals surface area contributed by atoms with Gasteiger partial charge in [0, 0.05) is 5.69 Å². The lowest BCUT2D eigenvalue weighted by atomic mass is 9.83. The second-order valence-electron chi connectivity index (χ2n) is 4.47. The normalized spacial score (nSPS) is 20.1. The van der Waals surface area contributed by atoms with Crippen LogP contribution in [-0.2, 0) is 0 Å². The third kappa shape index (κ3) is 2.49. The largest absolute Gasteiger partial charge is 0.399 e. The van der Waals surface area contributed by atoms with E-state index in [9.17, 15) is 4.39 Å². The van der Waals surface area contributed by atoms with E-state index in [1.165, 1.54) is 19.3 Å². The van der Waals surface area contributed by atoms with Crippen molar-refractivity contribution in [2.45, 2.75) is 38.3 Å². The Morgan fingerprint density at radius 2 is 1.93 bits per heavy atom. The molecule has 82 valence electrons. The summed E-state index contributed by atoms with van der Waals surface area (Å²) in [6.45, 7) is 0. The van der Waals surface area contributed by atoms with Gasteiger partial charge >= 0.3 is 0 Å². The second kappa shape index (κ2) is 4.65. The van der Waals surface area contributed by atoms with E-state index in [1.54, 1.807) is 12.1 Å². The minimum absolute atomic E-state index is 0.209. The molecule has 0 aliphatic heterocycles. The molecule has 0 saturated heterocycles. The number of halogens is 1. The second-order valence-corrected chi connectivity index (χ2v) is 4.47. The molecule has 1 fully saturated rings. The molecule has 0 spiro atoms. The van der Waals surface area contributed by atoms with Crippen molar-refractivity contribution in [3.8, 4) is 0 Å². The molecule has 2 heteroatoms. The van der Waals surface area contributed by atoms with Gasteiger partial charge in [0.2, 0.25) is 0 Å². The van der Waals surface area contributed by atoms with E-state index in [4.69, 9.17) is 5.73 Å². The highest BCUT2D eigenvalue weighted by Gasteiger charge is 2.24. The van der Waals surface area contributed by atoms with Gasteiger partial charge in [-0.2, -0.15) is 0 Å². The summed E-state index contributed by atoms with van der Waals surface area (Å²) in [7, 11) is 0. The van der Waals surface area contributed by atoms with Gasteiger partial charge in [-0.3, -0.25) is 0 Å². The Balaban J connectivity index is 2.08. The summed E-state index contributed by atoms with van der Waals surface area (Å²) in [5.74, 6) is 0.209. The minimum atomic E-state index is -0.825. The first-order chi connectivity index (χ1) is 7.27. The number of hydrogen-bond donors (Lipinski definition) is 1. The number of alkyl halides is 1. The molecule has 1 atom stereocenters. The summed E-state index contributed by atoms with van der Waals surface area (Å²) in [4.78, 5) is 0. The van der Waals surface area contributed by atoms with Crippen LogP contribution < -0.4 is 5.73 Å². The van der Waals surface area contributed by atoms with Crippen LogP contribution >= 0.6 is 0 Å². The Hall–Kier alpha value is -1.05. The highest BCUT2D eigenvalue weighted by atomic mass is 19.1. The van der Waals surface area contributed by atoms with Crippen molar-refractivity contribution in [3.63, 3.8) is 0 Å². The van der Waals surface area contributed by atoms with Gasteiger partial charge in [-0.1, -0.05) is 31.4 Å². The Bertz CT molecular complexity index is 318. The highest BCUT2D eigenvalue weighted by Crippen LogP contribution is 2.37. The smallest absolute Gasteiger partial charge is 0.128 e. The van der Waals surface area contributed by atoms with Crippen LogP contribution in [0.15, 0.2) is 24.3 Å². The number of nitrogens with two attached hydrogens (primary N) is 1. The van der Waals surface area contributed by atoms with E-state index in [1.807, 2.05) is 12.1 Å². The Morgan fingerprint density at radius 3 is 2.60 bits per heavy atom. The number of anilines is 1. The van der Waals surface area contributed by atoms with E-state index < -0.39 is 6.17 Å². The third-order valence-electron chi connectivity index (χ3n) is 3.29. The van der Waals surface area contributed by atoms with Crippen molar-refractivity contribution >= 4 is 5.69 Å². The maximum Gasteiger partial charge on any atom is 0.128 e. The van der Waals surface area contributed by atoms with Crippen LogP contribution in [0.3, 0.4) is 0 Å². The van der Waals surface area contributed by atoms with E-state index >= 15 is 0 Å². The van der Waals surface area contributed by atoms with Crippen LogP contribution in [0.4, 0.5) is 10.1 Å². The van der Waals surface area contributed by atoms with Gasteiger partial charge in [-0.15, -0.1) is 0 Å². The van der Waals surface area contributed by atoms with Crippen molar-refractivity contribution in [2.75, 3.05) is 5.73 Å². The zero-order valence-corrected chi connectivity index (χ0v) is 8.95. The van der Waals surface area contributed by atoms with E-state index in [0.29, 0.717) is 5.69 Å². The minimum Gasteiger partial charge on any atom is -0.399 e. The van der Waals surface area contributed by atoms with Crippen LogP contribution in [0.1, 0.15) is 43.8 Å². The summed E-state index contributed by atoms with van der Waals surface area (Å²) in [5, 5.41) is 0. The zero-order valence-electron chi connectivity index (χ0n) is 8.95. The number of rotatable bonds is 2. The predicted molar refractivity (Wildman–Crippen MR) is 61.3 cm³/mol. The summed E-state index contributed by atoms with van der Waals surface area (Å²) < 4.78 is 14.1. The van der Waals surface area contributed by atoms with Crippen LogP contribution in [0.2, 0.25) is 0 Å². The van der Waals surface area contributed by atoms with Gasteiger partial charge in [-0.05, 0) is 36.5 Å². The quantitative estimate of drug-likeness (QED) is 0.732. The highest BCUT2D eigenvalue weighted by molar-refractivity contribution is 5.41. The molecule has 1 aromatic rings. The first-order valence-electron chi connectivity index (χ1n) is 5.77. The van der Waals surface area contributed by atoms with Crippen molar-refractivity contribution in [3.05, 3.63) is 29.8 Å². The molecule has 1 unspecified atom stereocenters.